The number of hydrogen-bond donors (Lipinski definition) is 1. The van der Waals surface area contributed by atoms with Crippen LogP contribution in [0.15, 0.2) is 24.3 Å². The van der Waals surface area contributed by atoms with Gasteiger partial charge in [0.1, 0.15) is 0 Å². The highest BCUT2D eigenvalue weighted by molar-refractivity contribution is 5.75. The fourth-order valence-electron chi connectivity index (χ4n) is 3.17. The average Bonchev–Trinajstić information content (AvgIpc) is 2.60. The number of para-hydroxylation sites is 1. The molecule has 0 bridgehead atoms. The molecule has 1 aromatic carbocycles. The molecule has 5 nitrogen and oxygen atoms in total. The van der Waals surface area contributed by atoms with Crippen LogP contribution in [0.25, 0.3) is 0 Å². The summed E-state index contributed by atoms with van der Waals surface area (Å²) < 4.78 is 24.5. The van der Waals surface area contributed by atoms with E-state index in [1.54, 1.807) is 32.4 Å². The first-order valence-corrected chi connectivity index (χ1v) is 8.47. The van der Waals surface area contributed by atoms with E-state index in [4.69, 9.17) is 9.47 Å². The molecule has 1 fully saturated rings. The predicted octanol–water partition coefficient (Wildman–Crippen LogP) is 2.07. The third-order valence-corrected chi connectivity index (χ3v) is 4.49. The van der Waals surface area contributed by atoms with E-state index in [0.717, 1.165) is 32.5 Å². The topological polar surface area (TPSA) is 50.8 Å². The number of carbonyl (C=O) groups excluding carboxylic acids is 1. The van der Waals surface area contributed by atoms with E-state index in [1.165, 1.54) is 6.07 Å². The predicted molar refractivity (Wildman–Crippen MR) is 90.5 cm³/mol. The molecule has 0 saturated carbocycles. The second-order valence-electron chi connectivity index (χ2n) is 6.13. The standard InChI is InChI=1S/C18H27FN2O3/c1-20-18(22)12-14-13-21(10-8-16(14)23-2)9-5-11-24-17-7-4-3-6-15(17)19/h3-4,6-7,14,16H,5,8-13H2,1-2H3,(H,20,22)/t14-,16-/m1/s1. The zero-order chi connectivity index (χ0) is 17.4. The second kappa shape index (κ2) is 9.59. The zero-order valence-electron chi connectivity index (χ0n) is 14.5. The largest absolute Gasteiger partial charge is 0.490 e. The van der Waals surface area contributed by atoms with Gasteiger partial charge in [-0.05, 0) is 25.0 Å². The third-order valence-electron chi connectivity index (χ3n) is 4.49. The average molecular weight is 338 g/mol. The van der Waals surface area contributed by atoms with Crippen molar-refractivity contribution in [1.29, 1.82) is 0 Å². The smallest absolute Gasteiger partial charge is 0.220 e. The molecule has 1 saturated heterocycles. The van der Waals surface area contributed by atoms with Crippen molar-refractivity contribution in [2.24, 2.45) is 5.92 Å². The van der Waals surface area contributed by atoms with Gasteiger partial charge in [-0.15, -0.1) is 0 Å². The lowest BCUT2D eigenvalue weighted by atomic mass is 9.91. The van der Waals surface area contributed by atoms with Gasteiger partial charge in [0.25, 0.3) is 0 Å². The van der Waals surface area contributed by atoms with Crippen LogP contribution >= 0.6 is 0 Å². The van der Waals surface area contributed by atoms with Crippen molar-refractivity contribution in [1.82, 2.24) is 10.2 Å². The number of piperidine rings is 1. The summed E-state index contributed by atoms with van der Waals surface area (Å²) in [6.45, 7) is 3.13. The van der Waals surface area contributed by atoms with E-state index in [9.17, 15) is 9.18 Å². The van der Waals surface area contributed by atoms with Gasteiger partial charge in [0.05, 0.1) is 12.7 Å². The number of ether oxygens (including phenoxy) is 2. The van der Waals surface area contributed by atoms with E-state index in [-0.39, 0.29) is 23.7 Å². The van der Waals surface area contributed by atoms with Gasteiger partial charge >= 0.3 is 0 Å². The molecule has 1 aromatic rings. The van der Waals surface area contributed by atoms with Gasteiger partial charge in [0, 0.05) is 46.1 Å². The Morgan fingerprint density at radius 1 is 1.42 bits per heavy atom. The number of hydrogen-bond acceptors (Lipinski definition) is 4. The molecule has 1 N–H and O–H groups in total. The Morgan fingerprint density at radius 3 is 2.92 bits per heavy atom. The monoisotopic (exact) mass is 338 g/mol. The first kappa shape index (κ1) is 18.7. The summed E-state index contributed by atoms with van der Waals surface area (Å²) in [5.74, 6) is 0.222. The van der Waals surface area contributed by atoms with E-state index >= 15 is 0 Å². The van der Waals surface area contributed by atoms with Crippen molar-refractivity contribution in [3.63, 3.8) is 0 Å². The quantitative estimate of drug-likeness (QED) is 0.737. The highest BCUT2D eigenvalue weighted by Crippen LogP contribution is 2.23. The molecule has 0 aliphatic carbocycles. The Kier molecular flexibility index (Phi) is 7.46. The maximum absolute atomic E-state index is 13.5. The molecule has 2 rings (SSSR count). The van der Waals surface area contributed by atoms with Gasteiger partial charge in [0.2, 0.25) is 5.91 Å². The lowest BCUT2D eigenvalue weighted by molar-refractivity contribution is -0.123. The van der Waals surface area contributed by atoms with Crippen LogP contribution in [0, 0.1) is 11.7 Å². The summed E-state index contributed by atoms with van der Waals surface area (Å²) in [7, 11) is 3.37. The Bertz CT molecular complexity index is 527. The van der Waals surface area contributed by atoms with Crippen molar-refractivity contribution in [2.75, 3.05) is 40.4 Å². The van der Waals surface area contributed by atoms with Crippen LogP contribution in [-0.2, 0) is 9.53 Å². The fourth-order valence-corrected chi connectivity index (χ4v) is 3.17. The number of halogens is 1. The Labute approximate surface area is 143 Å². The van der Waals surface area contributed by atoms with Gasteiger partial charge in [-0.2, -0.15) is 0 Å². The molecule has 0 aromatic heterocycles. The van der Waals surface area contributed by atoms with E-state index in [2.05, 4.69) is 10.2 Å². The molecular formula is C18H27FN2O3. The van der Waals surface area contributed by atoms with E-state index in [1.807, 2.05) is 0 Å². The van der Waals surface area contributed by atoms with E-state index < -0.39 is 0 Å². The summed E-state index contributed by atoms with van der Waals surface area (Å²) >= 11 is 0. The second-order valence-corrected chi connectivity index (χ2v) is 6.13. The molecule has 0 radical (unpaired) electrons. The van der Waals surface area contributed by atoms with Crippen LogP contribution < -0.4 is 10.1 Å². The number of nitrogens with zero attached hydrogens (tertiary/aromatic N) is 1. The molecule has 0 unspecified atom stereocenters. The van der Waals surface area contributed by atoms with Crippen LogP contribution in [0.2, 0.25) is 0 Å². The molecular weight excluding hydrogens is 311 g/mol. The number of carbonyl (C=O) groups is 1. The number of nitrogens with one attached hydrogen (secondary N) is 1. The van der Waals surface area contributed by atoms with Gasteiger partial charge in [-0.1, -0.05) is 12.1 Å². The van der Waals surface area contributed by atoms with Gasteiger partial charge in [-0.3, -0.25) is 4.79 Å². The number of benzene rings is 1. The Balaban J connectivity index is 1.74. The molecule has 1 heterocycles. The Hall–Kier alpha value is -1.66. The minimum atomic E-state index is -0.330. The molecule has 24 heavy (non-hydrogen) atoms. The fraction of sp³-hybridized carbons (Fsp3) is 0.611. The van der Waals surface area contributed by atoms with Crippen LogP contribution in [0.5, 0.6) is 5.75 Å². The number of likely N-dealkylation sites (tertiary alicyclic amines) is 1. The minimum absolute atomic E-state index is 0.0480. The summed E-state index contributed by atoms with van der Waals surface area (Å²) in [6, 6.07) is 6.44. The number of methoxy groups -OCH3 is 1. The maximum Gasteiger partial charge on any atom is 0.220 e. The first-order chi connectivity index (χ1) is 11.6. The lowest BCUT2D eigenvalue weighted by Crippen LogP contribution is -2.46. The van der Waals surface area contributed by atoms with Gasteiger partial charge in [0.15, 0.2) is 11.6 Å². The summed E-state index contributed by atoms with van der Waals surface area (Å²) in [4.78, 5) is 14.0. The van der Waals surface area contributed by atoms with Crippen molar-refractivity contribution < 1.29 is 18.7 Å². The molecule has 134 valence electrons. The van der Waals surface area contributed by atoms with E-state index in [0.29, 0.717) is 18.8 Å². The molecule has 2 atom stereocenters. The van der Waals surface area contributed by atoms with Gasteiger partial charge in [-0.25, -0.2) is 4.39 Å². The first-order valence-electron chi connectivity index (χ1n) is 8.47. The maximum atomic E-state index is 13.5. The SMILES string of the molecule is CNC(=O)C[C@@H]1CN(CCCOc2ccccc2F)CC[C@H]1OC. The normalized spacial score (nSPS) is 21.5. The van der Waals surface area contributed by atoms with Crippen LogP contribution in [-0.4, -0.2) is 57.3 Å². The van der Waals surface area contributed by atoms with Crippen molar-refractivity contribution in [3.8, 4) is 5.75 Å². The third kappa shape index (κ3) is 5.46. The zero-order valence-corrected chi connectivity index (χ0v) is 14.5. The molecule has 6 heteroatoms. The van der Waals surface area contributed by atoms with Crippen LogP contribution in [0.3, 0.4) is 0 Å². The minimum Gasteiger partial charge on any atom is -0.490 e. The van der Waals surface area contributed by atoms with Crippen LogP contribution in [0.4, 0.5) is 4.39 Å². The van der Waals surface area contributed by atoms with Gasteiger partial charge < -0.3 is 19.7 Å². The molecule has 1 amide bonds. The van der Waals surface area contributed by atoms with Crippen molar-refractivity contribution in [3.05, 3.63) is 30.1 Å². The lowest BCUT2D eigenvalue weighted by Gasteiger charge is -2.37. The number of amides is 1. The van der Waals surface area contributed by atoms with Crippen LogP contribution in [0.1, 0.15) is 19.3 Å². The molecule has 0 spiro atoms. The highest BCUT2D eigenvalue weighted by atomic mass is 19.1. The number of rotatable bonds is 8. The molecule has 1 aliphatic heterocycles. The molecule has 1 aliphatic rings. The van der Waals surface area contributed by atoms with Crippen molar-refractivity contribution >= 4 is 5.91 Å². The summed E-state index contributed by atoms with van der Waals surface area (Å²) in [5.41, 5.74) is 0. The highest BCUT2D eigenvalue weighted by Gasteiger charge is 2.30. The summed E-state index contributed by atoms with van der Waals surface area (Å²) in [5, 5.41) is 2.68. The van der Waals surface area contributed by atoms with Crippen molar-refractivity contribution in [2.45, 2.75) is 25.4 Å². The Morgan fingerprint density at radius 2 is 2.21 bits per heavy atom. The summed E-state index contributed by atoms with van der Waals surface area (Å²) in [6.07, 6.45) is 2.36.